The molecule has 3 amide bonds. The second kappa shape index (κ2) is 13.4. The molecule has 186 valence electrons. The lowest BCUT2D eigenvalue weighted by atomic mass is 9.97. The van der Waals surface area contributed by atoms with E-state index < -0.39 is 30.0 Å². The SMILES string of the molecule is Cc1cccc(C[C@H](NC(=O)N=Nc2ccccc2)C(=O)N[C@@H](CCCNC(=N)N)C(=O)O)c1C. The number of guanidine groups is 1. The Hall–Kier alpha value is -4.28. The number of nitrogens with two attached hydrogens (primary N) is 1. The van der Waals surface area contributed by atoms with Gasteiger partial charge >= 0.3 is 12.0 Å². The normalized spacial score (nSPS) is 12.5. The number of rotatable bonds is 11. The summed E-state index contributed by atoms with van der Waals surface area (Å²) < 4.78 is 0. The number of nitrogens with zero attached hydrogens (tertiary/aromatic N) is 2. The van der Waals surface area contributed by atoms with Gasteiger partial charge in [0.2, 0.25) is 5.91 Å². The number of amides is 3. The minimum Gasteiger partial charge on any atom is -0.480 e. The Balaban J connectivity index is 2.15. The molecule has 2 aromatic carbocycles. The molecule has 0 spiro atoms. The fraction of sp³-hybridized carbons (Fsp3) is 0.333. The molecule has 0 bridgehead atoms. The topological polar surface area (TPSA) is 182 Å². The fourth-order valence-corrected chi connectivity index (χ4v) is 3.30. The number of hydrogen-bond acceptors (Lipinski definition) is 5. The average molecular weight is 482 g/mol. The summed E-state index contributed by atoms with van der Waals surface area (Å²) in [6.07, 6.45) is 0.611. The van der Waals surface area contributed by atoms with Crippen molar-refractivity contribution in [1.82, 2.24) is 16.0 Å². The van der Waals surface area contributed by atoms with Crippen molar-refractivity contribution < 1.29 is 19.5 Å². The van der Waals surface area contributed by atoms with Crippen molar-refractivity contribution in [3.63, 3.8) is 0 Å². The van der Waals surface area contributed by atoms with Gasteiger partial charge in [0.15, 0.2) is 5.96 Å². The first kappa shape index (κ1) is 27.0. The summed E-state index contributed by atoms with van der Waals surface area (Å²) >= 11 is 0. The third-order valence-electron chi connectivity index (χ3n) is 5.37. The number of urea groups is 1. The van der Waals surface area contributed by atoms with Gasteiger partial charge in [0.25, 0.3) is 0 Å². The van der Waals surface area contributed by atoms with Crippen LogP contribution in [0.4, 0.5) is 10.5 Å². The van der Waals surface area contributed by atoms with Crippen molar-refractivity contribution >= 4 is 29.6 Å². The maximum Gasteiger partial charge on any atom is 0.360 e. The highest BCUT2D eigenvalue weighted by Gasteiger charge is 2.27. The molecule has 0 unspecified atom stereocenters. The second-order valence-corrected chi connectivity index (χ2v) is 7.98. The summed E-state index contributed by atoms with van der Waals surface area (Å²) in [7, 11) is 0. The van der Waals surface area contributed by atoms with Gasteiger partial charge in [-0.15, -0.1) is 5.11 Å². The van der Waals surface area contributed by atoms with E-state index in [1.807, 2.05) is 32.0 Å². The number of carboxylic acid groups (broad SMARTS) is 1. The minimum absolute atomic E-state index is 0.110. The van der Waals surface area contributed by atoms with Crippen LogP contribution >= 0.6 is 0 Å². The number of aryl methyl sites for hydroxylation is 1. The molecular formula is C24H31N7O4. The van der Waals surface area contributed by atoms with E-state index in [0.717, 1.165) is 16.7 Å². The van der Waals surface area contributed by atoms with Crippen molar-refractivity contribution in [1.29, 1.82) is 5.41 Å². The first-order valence-electron chi connectivity index (χ1n) is 11.1. The lowest BCUT2D eigenvalue weighted by Gasteiger charge is -2.22. The van der Waals surface area contributed by atoms with Crippen LogP contribution < -0.4 is 21.7 Å². The first-order chi connectivity index (χ1) is 16.7. The molecule has 11 heteroatoms. The Labute approximate surface area is 203 Å². The molecule has 0 aromatic heterocycles. The van der Waals surface area contributed by atoms with Crippen LogP contribution in [0.3, 0.4) is 0 Å². The highest BCUT2D eigenvalue weighted by molar-refractivity contribution is 5.90. The molecule has 0 heterocycles. The zero-order valence-corrected chi connectivity index (χ0v) is 19.7. The molecule has 0 saturated carbocycles. The molecule has 2 aromatic rings. The quantitative estimate of drug-likeness (QED) is 0.124. The first-order valence-corrected chi connectivity index (χ1v) is 11.1. The number of aliphatic carboxylic acids is 1. The molecule has 0 aliphatic carbocycles. The lowest BCUT2D eigenvalue weighted by molar-refractivity contribution is -0.142. The highest BCUT2D eigenvalue weighted by Crippen LogP contribution is 2.15. The predicted molar refractivity (Wildman–Crippen MR) is 132 cm³/mol. The Morgan fingerprint density at radius 3 is 2.40 bits per heavy atom. The van der Waals surface area contributed by atoms with Crippen molar-refractivity contribution in [2.24, 2.45) is 16.0 Å². The number of carboxylic acids is 1. The van der Waals surface area contributed by atoms with Gasteiger partial charge in [-0.2, -0.15) is 0 Å². The number of nitrogens with one attached hydrogen (secondary N) is 4. The average Bonchev–Trinajstić information content (AvgIpc) is 2.82. The Bertz CT molecular complexity index is 1070. The van der Waals surface area contributed by atoms with Crippen molar-refractivity contribution in [2.45, 2.75) is 45.2 Å². The smallest absolute Gasteiger partial charge is 0.360 e. The lowest BCUT2D eigenvalue weighted by Crippen LogP contribution is -2.52. The van der Waals surface area contributed by atoms with E-state index in [1.165, 1.54) is 0 Å². The summed E-state index contributed by atoms with van der Waals surface area (Å²) in [6.45, 7) is 4.15. The van der Waals surface area contributed by atoms with E-state index in [4.69, 9.17) is 11.1 Å². The van der Waals surface area contributed by atoms with Crippen molar-refractivity contribution in [2.75, 3.05) is 6.54 Å². The molecule has 0 saturated heterocycles. The van der Waals surface area contributed by atoms with Crippen LogP contribution in [0, 0.1) is 19.3 Å². The molecule has 7 N–H and O–H groups in total. The second-order valence-electron chi connectivity index (χ2n) is 7.98. The molecule has 2 rings (SSSR count). The van der Waals surface area contributed by atoms with Crippen molar-refractivity contribution in [3.8, 4) is 0 Å². The van der Waals surface area contributed by atoms with Gasteiger partial charge in [0, 0.05) is 13.0 Å². The molecule has 0 aliphatic rings. The van der Waals surface area contributed by atoms with Gasteiger partial charge in [0.1, 0.15) is 12.1 Å². The van der Waals surface area contributed by atoms with Crippen LogP contribution in [0.2, 0.25) is 0 Å². The van der Waals surface area contributed by atoms with Gasteiger partial charge in [0.05, 0.1) is 5.69 Å². The minimum atomic E-state index is -1.21. The van der Waals surface area contributed by atoms with E-state index in [2.05, 4.69) is 26.2 Å². The molecule has 2 atom stereocenters. The number of benzene rings is 2. The standard InChI is InChI=1S/C24H31N7O4/c1-15-8-6-9-17(16(15)2)14-20(29-24(35)31-30-18-10-4-3-5-11-18)21(32)28-19(22(33)34)12-7-13-27-23(25)26/h3-6,8-11,19-20H,7,12-14H2,1-2H3,(H,28,32)(H,29,35)(H,33,34)(H4,25,26,27)/t19-,20-/m0/s1. The van der Waals surface area contributed by atoms with Gasteiger partial charge in [-0.3, -0.25) is 10.2 Å². The number of azo groups is 1. The summed E-state index contributed by atoms with van der Waals surface area (Å²) in [5.74, 6) is -2.08. The maximum atomic E-state index is 13.1. The number of carbonyl (C=O) groups excluding carboxylic acids is 2. The van der Waals surface area contributed by atoms with Gasteiger partial charge in [-0.1, -0.05) is 41.5 Å². The zero-order valence-electron chi connectivity index (χ0n) is 19.7. The van der Waals surface area contributed by atoms with Crippen LogP contribution in [0.25, 0.3) is 0 Å². The fourth-order valence-electron chi connectivity index (χ4n) is 3.30. The van der Waals surface area contributed by atoms with Crippen molar-refractivity contribution in [3.05, 3.63) is 65.2 Å². The Kier molecular flexibility index (Phi) is 10.3. The van der Waals surface area contributed by atoms with Crippen LogP contribution in [-0.4, -0.2) is 47.6 Å². The summed E-state index contributed by atoms with van der Waals surface area (Å²) in [4.78, 5) is 37.2. The van der Waals surface area contributed by atoms with Gasteiger partial charge in [-0.25, -0.2) is 9.59 Å². The maximum absolute atomic E-state index is 13.1. The summed E-state index contributed by atoms with van der Waals surface area (Å²) in [6, 6.07) is 11.2. The molecule has 0 fully saturated rings. The molecular weight excluding hydrogens is 450 g/mol. The van der Waals surface area contributed by atoms with E-state index >= 15 is 0 Å². The summed E-state index contributed by atoms with van der Waals surface area (Å²) in [5.41, 5.74) is 8.53. The third kappa shape index (κ3) is 9.24. The monoisotopic (exact) mass is 481 g/mol. The zero-order chi connectivity index (χ0) is 25.8. The van der Waals surface area contributed by atoms with E-state index in [1.54, 1.807) is 30.3 Å². The van der Waals surface area contributed by atoms with E-state index in [0.29, 0.717) is 12.1 Å². The molecule has 35 heavy (non-hydrogen) atoms. The molecule has 11 nitrogen and oxygen atoms in total. The van der Waals surface area contributed by atoms with Crippen LogP contribution in [0.1, 0.15) is 29.5 Å². The van der Waals surface area contributed by atoms with Crippen LogP contribution in [0.15, 0.2) is 58.8 Å². The van der Waals surface area contributed by atoms with Gasteiger partial charge in [-0.05, 0) is 55.5 Å². The number of carbonyl (C=O) groups is 3. The van der Waals surface area contributed by atoms with E-state index in [-0.39, 0.29) is 25.3 Å². The summed E-state index contributed by atoms with van der Waals surface area (Å²) in [5, 5.41) is 31.8. The number of hydrogen-bond donors (Lipinski definition) is 6. The largest absolute Gasteiger partial charge is 0.480 e. The Morgan fingerprint density at radius 2 is 1.74 bits per heavy atom. The van der Waals surface area contributed by atoms with Crippen LogP contribution in [-0.2, 0) is 16.0 Å². The molecule has 0 radical (unpaired) electrons. The van der Waals surface area contributed by atoms with E-state index in [9.17, 15) is 19.5 Å². The van der Waals surface area contributed by atoms with Crippen LogP contribution in [0.5, 0.6) is 0 Å². The molecule has 0 aliphatic heterocycles. The predicted octanol–water partition coefficient (Wildman–Crippen LogP) is 2.54. The highest BCUT2D eigenvalue weighted by atomic mass is 16.4. The third-order valence-corrected chi connectivity index (χ3v) is 5.37. The Morgan fingerprint density at radius 1 is 1.03 bits per heavy atom. The van der Waals surface area contributed by atoms with Gasteiger partial charge < -0.3 is 26.8 Å².